The summed E-state index contributed by atoms with van der Waals surface area (Å²) in [4.78, 5) is 0. The molecule has 1 atom stereocenters. The Balaban J connectivity index is 2.19. The highest BCUT2D eigenvalue weighted by molar-refractivity contribution is 6.58. The van der Waals surface area contributed by atoms with Gasteiger partial charge in [-0.2, -0.15) is 0 Å². The number of benzene rings is 2. The van der Waals surface area contributed by atoms with E-state index in [0.29, 0.717) is 11.1 Å². The first-order valence-corrected chi connectivity index (χ1v) is 9.62. The van der Waals surface area contributed by atoms with E-state index < -0.39 is 20.4 Å². The minimum atomic E-state index is -0.534. The first-order valence-electron chi connectivity index (χ1n) is 7.05. The summed E-state index contributed by atoms with van der Waals surface area (Å²) >= 11 is 0. The van der Waals surface area contributed by atoms with Crippen LogP contribution in [0.3, 0.4) is 0 Å². The van der Waals surface area contributed by atoms with E-state index >= 15 is 0 Å². The summed E-state index contributed by atoms with van der Waals surface area (Å²) in [5.74, 6) is -1.07. The van der Waals surface area contributed by atoms with Crippen molar-refractivity contribution in [2.45, 2.75) is 25.6 Å². The Labute approximate surface area is 125 Å². The third kappa shape index (κ3) is 2.46. The molecule has 0 amide bonds. The molecule has 0 fully saturated rings. The highest BCUT2D eigenvalue weighted by Gasteiger charge is 2.27. The summed E-state index contributed by atoms with van der Waals surface area (Å²) in [6.45, 7) is 6.75. The molecule has 3 heteroatoms. The van der Waals surface area contributed by atoms with Crippen LogP contribution in [0, 0.1) is 11.6 Å². The lowest BCUT2D eigenvalue weighted by atomic mass is 9.97. The molecular weight excluding hydrogens is 282 g/mol. The standard InChI is InChI=1S/C18H17F2Si/c1-11-7-17-15(12-8-13(19)10-14(20)9-12)5-4-6-16(17)18(11)21(2)3/h4-10,18H,1-3H3. The maximum atomic E-state index is 13.5. The topological polar surface area (TPSA) is 0 Å². The maximum Gasteiger partial charge on any atom is 0.126 e. The molecule has 0 aliphatic heterocycles. The minimum absolute atomic E-state index is 0.489. The smallest absolute Gasteiger partial charge is 0.126 e. The van der Waals surface area contributed by atoms with Gasteiger partial charge in [-0.15, -0.1) is 0 Å². The van der Waals surface area contributed by atoms with Crippen molar-refractivity contribution in [3.05, 3.63) is 64.7 Å². The molecule has 1 aliphatic rings. The third-order valence-electron chi connectivity index (χ3n) is 4.03. The lowest BCUT2D eigenvalue weighted by Gasteiger charge is -2.18. The Morgan fingerprint density at radius 2 is 1.67 bits per heavy atom. The molecule has 2 aromatic rings. The predicted octanol–water partition coefficient (Wildman–Crippen LogP) is 5.43. The van der Waals surface area contributed by atoms with Crippen LogP contribution in [0.4, 0.5) is 8.78 Å². The molecule has 3 rings (SSSR count). The average Bonchev–Trinajstić information content (AvgIpc) is 2.73. The Morgan fingerprint density at radius 1 is 1.00 bits per heavy atom. The van der Waals surface area contributed by atoms with E-state index in [2.05, 4.69) is 32.2 Å². The van der Waals surface area contributed by atoms with Gasteiger partial charge in [0.15, 0.2) is 0 Å². The number of hydrogen-bond donors (Lipinski definition) is 0. The largest absolute Gasteiger partial charge is 0.207 e. The Hall–Kier alpha value is -1.74. The third-order valence-corrected chi connectivity index (χ3v) is 5.95. The van der Waals surface area contributed by atoms with Gasteiger partial charge < -0.3 is 0 Å². The van der Waals surface area contributed by atoms with Crippen molar-refractivity contribution < 1.29 is 8.78 Å². The van der Waals surface area contributed by atoms with Crippen molar-refractivity contribution in [1.82, 2.24) is 0 Å². The second kappa shape index (κ2) is 5.23. The van der Waals surface area contributed by atoms with Crippen LogP contribution in [0.25, 0.3) is 17.2 Å². The van der Waals surface area contributed by atoms with E-state index in [-0.39, 0.29) is 0 Å². The van der Waals surface area contributed by atoms with Crippen LogP contribution < -0.4 is 0 Å². The maximum absolute atomic E-state index is 13.5. The summed E-state index contributed by atoms with van der Waals surface area (Å²) < 4.78 is 27.0. The van der Waals surface area contributed by atoms with Crippen molar-refractivity contribution in [3.63, 3.8) is 0 Å². The second-order valence-electron chi connectivity index (χ2n) is 5.87. The zero-order chi connectivity index (χ0) is 15.1. The van der Waals surface area contributed by atoms with Gasteiger partial charge in [-0.1, -0.05) is 42.9 Å². The molecule has 2 aromatic carbocycles. The summed E-state index contributed by atoms with van der Waals surface area (Å²) in [6.07, 6.45) is 2.18. The van der Waals surface area contributed by atoms with Gasteiger partial charge in [-0.3, -0.25) is 0 Å². The highest BCUT2D eigenvalue weighted by atomic mass is 28.3. The van der Waals surface area contributed by atoms with Crippen LogP contribution in [-0.4, -0.2) is 8.80 Å². The fraction of sp³-hybridized carbons (Fsp3) is 0.222. The first kappa shape index (κ1) is 14.2. The molecule has 1 radical (unpaired) electrons. The summed E-state index contributed by atoms with van der Waals surface area (Å²) in [6, 6.07) is 9.79. The van der Waals surface area contributed by atoms with Crippen LogP contribution in [-0.2, 0) is 0 Å². The van der Waals surface area contributed by atoms with E-state index in [1.54, 1.807) is 0 Å². The summed E-state index contributed by atoms with van der Waals surface area (Å²) in [7, 11) is -0.503. The Bertz CT molecular complexity index is 712. The second-order valence-corrected chi connectivity index (χ2v) is 8.60. The number of halogens is 2. The van der Waals surface area contributed by atoms with Gasteiger partial charge >= 0.3 is 0 Å². The minimum Gasteiger partial charge on any atom is -0.207 e. The van der Waals surface area contributed by atoms with Gasteiger partial charge in [0.1, 0.15) is 11.6 Å². The molecule has 0 saturated carbocycles. The molecule has 0 bridgehead atoms. The summed E-state index contributed by atoms with van der Waals surface area (Å²) in [5, 5.41) is 0. The molecule has 21 heavy (non-hydrogen) atoms. The summed E-state index contributed by atoms with van der Waals surface area (Å²) in [5.41, 5.74) is 5.78. The number of hydrogen-bond acceptors (Lipinski definition) is 0. The van der Waals surface area contributed by atoms with Crippen molar-refractivity contribution in [2.75, 3.05) is 0 Å². The fourth-order valence-electron chi connectivity index (χ4n) is 3.28. The molecule has 0 heterocycles. The molecule has 0 N–H and O–H groups in total. The van der Waals surface area contributed by atoms with Gasteiger partial charge in [0.2, 0.25) is 0 Å². The van der Waals surface area contributed by atoms with E-state index in [4.69, 9.17) is 0 Å². The van der Waals surface area contributed by atoms with E-state index in [1.807, 2.05) is 12.1 Å². The van der Waals surface area contributed by atoms with Crippen molar-refractivity contribution in [3.8, 4) is 11.1 Å². The van der Waals surface area contributed by atoms with E-state index in [0.717, 1.165) is 17.2 Å². The lowest BCUT2D eigenvalue weighted by molar-refractivity contribution is 0.584. The number of fused-ring (bicyclic) bond motifs is 1. The van der Waals surface area contributed by atoms with Crippen LogP contribution in [0.1, 0.15) is 23.6 Å². The quantitative estimate of drug-likeness (QED) is 0.649. The predicted molar refractivity (Wildman–Crippen MR) is 85.7 cm³/mol. The van der Waals surface area contributed by atoms with Crippen molar-refractivity contribution >= 4 is 14.9 Å². The van der Waals surface area contributed by atoms with Crippen LogP contribution in [0.15, 0.2) is 42.0 Å². The molecule has 1 unspecified atom stereocenters. The molecule has 0 spiro atoms. The Kier molecular flexibility index (Phi) is 3.53. The van der Waals surface area contributed by atoms with Gasteiger partial charge in [-0.25, -0.2) is 8.78 Å². The van der Waals surface area contributed by atoms with Crippen LogP contribution in [0.2, 0.25) is 13.1 Å². The molecule has 0 saturated heterocycles. The molecular formula is C18H17F2Si. The fourth-order valence-corrected chi connectivity index (χ4v) is 5.15. The molecule has 0 aromatic heterocycles. The monoisotopic (exact) mass is 299 g/mol. The molecule has 1 aliphatic carbocycles. The zero-order valence-electron chi connectivity index (χ0n) is 12.4. The Morgan fingerprint density at radius 3 is 2.29 bits per heavy atom. The van der Waals surface area contributed by atoms with Crippen molar-refractivity contribution in [1.29, 1.82) is 0 Å². The zero-order valence-corrected chi connectivity index (χ0v) is 13.4. The van der Waals surface area contributed by atoms with Crippen LogP contribution >= 0.6 is 0 Å². The van der Waals surface area contributed by atoms with E-state index in [1.165, 1.54) is 23.3 Å². The van der Waals surface area contributed by atoms with Crippen molar-refractivity contribution in [2.24, 2.45) is 0 Å². The number of rotatable bonds is 2. The van der Waals surface area contributed by atoms with E-state index in [9.17, 15) is 8.78 Å². The van der Waals surface area contributed by atoms with Gasteiger partial charge in [-0.05, 0) is 46.9 Å². The molecule has 107 valence electrons. The average molecular weight is 299 g/mol. The van der Waals surface area contributed by atoms with Gasteiger partial charge in [0, 0.05) is 6.07 Å². The highest BCUT2D eigenvalue weighted by Crippen LogP contribution is 2.42. The normalized spacial score (nSPS) is 17.0. The van der Waals surface area contributed by atoms with Gasteiger partial charge in [0.05, 0.1) is 8.80 Å². The molecule has 0 nitrogen and oxygen atoms in total. The number of allylic oxidation sites excluding steroid dienone is 1. The lowest BCUT2D eigenvalue weighted by Crippen LogP contribution is -2.15. The first-order chi connectivity index (χ1) is 9.97. The SMILES string of the molecule is CC1=Cc2c(-c3cc(F)cc(F)c3)cccc2C1[Si](C)C. The van der Waals surface area contributed by atoms with Gasteiger partial charge in [0.25, 0.3) is 0 Å². The van der Waals surface area contributed by atoms with Crippen LogP contribution in [0.5, 0.6) is 0 Å².